The van der Waals surface area contributed by atoms with Crippen molar-refractivity contribution in [1.82, 2.24) is 10.3 Å². The Kier molecular flexibility index (Phi) is 6.58. The number of hydrogen-bond donors (Lipinski definition) is 1. The van der Waals surface area contributed by atoms with E-state index in [9.17, 15) is 4.79 Å². The molecule has 3 nitrogen and oxygen atoms in total. The number of nitrogens with one attached hydrogen (secondary N) is 1. The lowest BCUT2D eigenvalue weighted by atomic mass is 10.1. The first-order valence-corrected chi connectivity index (χ1v) is 10.7. The van der Waals surface area contributed by atoms with Crippen LogP contribution in [0.4, 0.5) is 0 Å². The summed E-state index contributed by atoms with van der Waals surface area (Å²) >= 11 is 3.43. The van der Waals surface area contributed by atoms with Gasteiger partial charge in [-0.15, -0.1) is 22.7 Å². The molecule has 136 valence electrons. The third-order valence-electron chi connectivity index (χ3n) is 4.30. The van der Waals surface area contributed by atoms with E-state index in [1.165, 1.54) is 20.9 Å². The Morgan fingerprint density at radius 1 is 1.08 bits per heavy atom. The molecular weight excluding hydrogens is 360 g/mol. The lowest BCUT2D eigenvalue weighted by Gasteiger charge is -2.05. The Bertz CT molecular complexity index is 849. The number of carbonyl (C=O) groups excluding carboxylic acids is 1. The summed E-state index contributed by atoms with van der Waals surface area (Å²) in [5, 5.41) is 6.22. The van der Waals surface area contributed by atoms with Gasteiger partial charge < -0.3 is 5.32 Å². The van der Waals surface area contributed by atoms with Crippen LogP contribution >= 0.6 is 22.7 Å². The molecule has 0 radical (unpaired) electrons. The standard InChI is InChI=1S/C21H24N2OS2/c1-3-16-4-6-17(7-5-16)8-11-21(24)22-13-12-18-9-10-20(26-18)19-14-25-15(2)23-19/h4-7,9-10,14H,3,8,11-13H2,1-2H3,(H,22,24). The van der Waals surface area contributed by atoms with Crippen molar-refractivity contribution in [1.29, 1.82) is 0 Å². The summed E-state index contributed by atoms with van der Waals surface area (Å²) in [6.07, 6.45) is 3.25. The van der Waals surface area contributed by atoms with Gasteiger partial charge in [-0.25, -0.2) is 4.98 Å². The SMILES string of the molecule is CCc1ccc(CCC(=O)NCCc2ccc(-c3csc(C)n3)s2)cc1. The average molecular weight is 385 g/mol. The first kappa shape index (κ1) is 18.8. The topological polar surface area (TPSA) is 42.0 Å². The number of aromatic nitrogens is 1. The van der Waals surface area contributed by atoms with E-state index in [-0.39, 0.29) is 5.91 Å². The normalized spacial score (nSPS) is 10.8. The summed E-state index contributed by atoms with van der Waals surface area (Å²) in [7, 11) is 0. The predicted molar refractivity (Wildman–Crippen MR) is 111 cm³/mol. The number of rotatable bonds is 8. The van der Waals surface area contributed by atoms with Crippen molar-refractivity contribution >= 4 is 28.6 Å². The number of nitrogens with zero attached hydrogens (tertiary/aromatic N) is 1. The van der Waals surface area contributed by atoms with E-state index in [2.05, 4.69) is 59.0 Å². The predicted octanol–water partition coefficient (Wildman–Crippen LogP) is 5.03. The molecule has 0 fully saturated rings. The van der Waals surface area contributed by atoms with E-state index in [0.717, 1.165) is 30.0 Å². The summed E-state index contributed by atoms with van der Waals surface area (Å²) in [5.74, 6) is 0.122. The molecule has 5 heteroatoms. The van der Waals surface area contributed by atoms with E-state index in [1.54, 1.807) is 22.7 Å². The molecule has 3 rings (SSSR count). The lowest BCUT2D eigenvalue weighted by Crippen LogP contribution is -2.25. The molecule has 2 aromatic heterocycles. The van der Waals surface area contributed by atoms with Crippen molar-refractivity contribution in [3.63, 3.8) is 0 Å². The Morgan fingerprint density at radius 2 is 1.85 bits per heavy atom. The molecule has 0 aliphatic heterocycles. The van der Waals surface area contributed by atoms with Crippen LogP contribution in [-0.2, 0) is 24.1 Å². The number of aryl methyl sites for hydroxylation is 3. The number of thiophene rings is 1. The molecule has 0 saturated heterocycles. The molecule has 2 heterocycles. The Labute approximate surface area is 163 Å². The van der Waals surface area contributed by atoms with Gasteiger partial charge in [0.25, 0.3) is 0 Å². The quantitative estimate of drug-likeness (QED) is 0.591. The van der Waals surface area contributed by atoms with E-state index < -0.39 is 0 Å². The van der Waals surface area contributed by atoms with Gasteiger partial charge in [0.15, 0.2) is 0 Å². The molecule has 1 amide bonds. The van der Waals surface area contributed by atoms with Crippen molar-refractivity contribution in [3.05, 3.63) is 62.8 Å². The van der Waals surface area contributed by atoms with Crippen LogP contribution < -0.4 is 5.32 Å². The van der Waals surface area contributed by atoms with Gasteiger partial charge in [-0.05, 0) is 49.4 Å². The van der Waals surface area contributed by atoms with Crippen LogP contribution in [-0.4, -0.2) is 17.4 Å². The Morgan fingerprint density at radius 3 is 2.54 bits per heavy atom. The highest BCUT2D eigenvalue weighted by atomic mass is 32.1. The van der Waals surface area contributed by atoms with Gasteiger partial charge in [-0.2, -0.15) is 0 Å². The molecular formula is C21H24N2OS2. The molecule has 0 aliphatic rings. The first-order valence-electron chi connectivity index (χ1n) is 9.00. The zero-order chi connectivity index (χ0) is 18.4. The summed E-state index contributed by atoms with van der Waals surface area (Å²) in [6, 6.07) is 12.8. The zero-order valence-corrected chi connectivity index (χ0v) is 16.9. The monoisotopic (exact) mass is 384 g/mol. The minimum Gasteiger partial charge on any atom is -0.356 e. The maximum atomic E-state index is 12.0. The summed E-state index contributed by atoms with van der Waals surface area (Å²) in [5.41, 5.74) is 3.61. The van der Waals surface area contributed by atoms with Gasteiger partial charge in [0.05, 0.1) is 15.6 Å². The fourth-order valence-electron chi connectivity index (χ4n) is 2.74. The number of hydrogen-bond acceptors (Lipinski definition) is 4. The highest BCUT2D eigenvalue weighted by molar-refractivity contribution is 7.16. The molecule has 1 N–H and O–H groups in total. The molecule has 0 spiro atoms. The van der Waals surface area contributed by atoms with E-state index in [0.29, 0.717) is 13.0 Å². The third kappa shape index (κ3) is 5.26. The second-order valence-electron chi connectivity index (χ2n) is 6.29. The van der Waals surface area contributed by atoms with Gasteiger partial charge in [0.2, 0.25) is 5.91 Å². The van der Waals surface area contributed by atoms with Crippen molar-refractivity contribution in [2.45, 2.75) is 39.5 Å². The van der Waals surface area contributed by atoms with Gasteiger partial charge in [0, 0.05) is 23.2 Å². The first-order chi connectivity index (χ1) is 12.6. The maximum Gasteiger partial charge on any atom is 0.220 e. The number of benzene rings is 1. The minimum absolute atomic E-state index is 0.122. The van der Waals surface area contributed by atoms with Crippen LogP contribution in [0.2, 0.25) is 0 Å². The minimum atomic E-state index is 0.122. The Balaban J connectivity index is 1.40. The van der Waals surface area contributed by atoms with Gasteiger partial charge >= 0.3 is 0 Å². The Hall–Kier alpha value is -1.98. The summed E-state index contributed by atoms with van der Waals surface area (Å²) in [6.45, 7) is 4.86. The average Bonchev–Trinajstić information content (AvgIpc) is 3.29. The second kappa shape index (κ2) is 9.10. The van der Waals surface area contributed by atoms with Crippen LogP contribution in [0.15, 0.2) is 41.8 Å². The van der Waals surface area contributed by atoms with Crippen molar-refractivity contribution < 1.29 is 4.79 Å². The van der Waals surface area contributed by atoms with Gasteiger partial charge in [-0.1, -0.05) is 31.2 Å². The molecule has 0 bridgehead atoms. The summed E-state index contributed by atoms with van der Waals surface area (Å²) < 4.78 is 0. The number of carbonyl (C=O) groups is 1. The van der Waals surface area contributed by atoms with E-state index in [4.69, 9.17) is 0 Å². The van der Waals surface area contributed by atoms with Crippen LogP contribution in [0, 0.1) is 6.92 Å². The van der Waals surface area contributed by atoms with Crippen molar-refractivity contribution in [2.24, 2.45) is 0 Å². The van der Waals surface area contributed by atoms with Crippen molar-refractivity contribution in [2.75, 3.05) is 6.54 Å². The van der Waals surface area contributed by atoms with Crippen LogP contribution in [0.5, 0.6) is 0 Å². The van der Waals surface area contributed by atoms with Crippen LogP contribution in [0.25, 0.3) is 10.6 Å². The lowest BCUT2D eigenvalue weighted by molar-refractivity contribution is -0.121. The molecule has 0 unspecified atom stereocenters. The van der Waals surface area contributed by atoms with Gasteiger partial charge in [-0.3, -0.25) is 4.79 Å². The highest BCUT2D eigenvalue weighted by Gasteiger charge is 2.07. The smallest absolute Gasteiger partial charge is 0.220 e. The molecule has 26 heavy (non-hydrogen) atoms. The fraction of sp³-hybridized carbons (Fsp3) is 0.333. The zero-order valence-electron chi connectivity index (χ0n) is 15.2. The largest absolute Gasteiger partial charge is 0.356 e. The molecule has 0 atom stereocenters. The molecule has 0 saturated carbocycles. The molecule has 3 aromatic rings. The van der Waals surface area contributed by atoms with E-state index >= 15 is 0 Å². The molecule has 0 aliphatic carbocycles. The van der Waals surface area contributed by atoms with E-state index in [1.807, 2.05) is 6.92 Å². The number of thiazole rings is 1. The summed E-state index contributed by atoms with van der Waals surface area (Å²) in [4.78, 5) is 19.0. The van der Waals surface area contributed by atoms with Crippen LogP contribution in [0.1, 0.15) is 34.4 Å². The third-order valence-corrected chi connectivity index (χ3v) is 6.24. The second-order valence-corrected chi connectivity index (χ2v) is 8.52. The molecule has 1 aromatic carbocycles. The van der Waals surface area contributed by atoms with Crippen molar-refractivity contribution in [3.8, 4) is 10.6 Å². The number of amides is 1. The fourth-order valence-corrected chi connectivity index (χ4v) is 4.39. The maximum absolute atomic E-state index is 12.0. The highest BCUT2D eigenvalue weighted by Crippen LogP contribution is 2.29. The van der Waals surface area contributed by atoms with Gasteiger partial charge in [0.1, 0.15) is 0 Å². The van der Waals surface area contributed by atoms with Crippen LogP contribution in [0.3, 0.4) is 0 Å².